The fourth-order valence-electron chi connectivity index (χ4n) is 4.01. The van der Waals surface area contributed by atoms with Crippen molar-refractivity contribution in [2.45, 2.75) is 39.7 Å². The van der Waals surface area contributed by atoms with Crippen LogP contribution in [0, 0.1) is 3.57 Å². The Morgan fingerprint density at radius 1 is 1.31 bits per heavy atom. The molecule has 35 heavy (non-hydrogen) atoms. The molecule has 0 saturated heterocycles. The van der Waals surface area contributed by atoms with Crippen LogP contribution < -0.4 is 14.9 Å². The summed E-state index contributed by atoms with van der Waals surface area (Å²) in [5.74, 6) is -0.0301. The number of ether oxygens (including phenoxy) is 1. The number of aromatic hydroxyl groups is 1. The minimum atomic E-state index is -0.662. The second kappa shape index (κ2) is 10.4. The fraction of sp³-hybridized carbons (Fsp3) is 0.269. The maximum absolute atomic E-state index is 13.7. The number of aromatic nitrogens is 1. The molecule has 4 rings (SSSR count). The van der Waals surface area contributed by atoms with Crippen LogP contribution in [-0.2, 0) is 9.53 Å². The molecule has 9 heteroatoms. The summed E-state index contributed by atoms with van der Waals surface area (Å²) in [6.45, 7) is 7.97. The molecule has 0 radical (unpaired) electrons. The van der Waals surface area contributed by atoms with E-state index in [1.807, 2.05) is 46.9 Å². The van der Waals surface area contributed by atoms with Crippen molar-refractivity contribution >= 4 is 61.9 Å². The highest BCUT2D eigenvalue weighted by molar-refractivity contribution is 14.1. The second-order valence-electron chi connectivity index (χ2n) is 8.45. The number of benzene rings is 2. The van der Waals surface area contributed by atoms with Crippen molar-refractivity contribution in [1.82, 2.24) is 4.57 Å². The lowest BCUT2D eigenvalue weighted by atomic mass is 9.93. The first-order chi connectivity index (χ1) is 16.6. The molecule has 0 fully saturated rings. The van der Waals surface area contributed by atoms with Crippen LogP contribution in [-0.4, -0.2) is 22.2 Å². The molecule has 1 aliphatic rings. The first kappa shape index (κ1) is 25.8. The van der Waals surface area contributed by atoms with Crippen LogP contribution in [0.2, 0.25) is 0 Å². The highest BCUT2D eigenvalue weighted by atomic mass is 127. The number of fused-ring (bicyclic) bond motifs is 1. The number of esters is 1. The fourth-order valence-corrected chi connectivity index (χ4v) is 6.60. The molecule has 2 heterocycles. The maximum atomic E-state index is 13.7. The summed E-state index contributed by atoms with van der Waals surface area (Å²) < 4.78 is 8.78. The molecular formula is C26H24BrIN2O4S. The Bertz CT molecular complexity index is 1520. The predicted molar refractivity (Wildman–Crippen MR) is 149 cm³/mol. The Labute approximate surface area is 229 Å². The van der Waals surface area contributed by atoms with Gasteiger partial charge in [0.15, 0.2) is 4.80 Å². The summed E-state index contributed by atoms with van der Waals surface area (Å²) in [7, 11) is 0. The van der Waals surface area contributed by atoms with Gasteiger partial charge in [0.1, 0.15) is 5.75 Å². The van der Waals surface area contributed by atoms with Gasteiger partial charge in [-0.05, 0) is 71.7 Å². The summed E-state index contributed by atoms with van der Waals surface area (Å²) in [4.78, 5) is 31.8. The first-order valence-electron chi connectivity index (χ1n) is 11.1. The number of nitrogens with zero attached hydrogens (tertiary/aromatic N) is 2. The van der Waals surface area contributed by atoms with Crippen LogP contribution in [0.15, 0.2) is 61.9 Å². The van der Waals surface area contributed by atoms with Crippen molar-refractivity contribution in [2.24, 2.45) is 4.99 Å². The zero-order valence-corrected chi connectivity index (χ0v) is 24.2. The predicted octanol–water partition coefficient (Wildman–Crippen LogP) is 4.99. The van der Waals surface area contributed by atoms with Crippen LogP contribution in [0.3, 0.4) is 0 Å². The van der Waals surface area contributed by atoms with Crippen molar-refractivity contribution in [3.05, 3.63) is 92.1 Å². The Balaban J connectivity index is 1.96. The number of carbonyl (C=O) groups is 1. The van der Waals surface area contributed by atoms with Gasteiger partial charge in [0.2, 0.25) is 0 Å². The van der Waals surface area contributed by atoms with Gasteiger partial charge in [0, 0.05) is 10.0 Å². The number of halogens is 2. The lowest BCUT2D eigenvalue weighted by Crippen LogP contribution is -2.39. The summed E-state index contributed by atoms with van der Waals surface area (Å²) >= 11 is 6.72. The van der Waals surface area contributed by atoms with Crippen molar-refractivity contribution in [3.63, 3.8) is 0 Å². The number of thiazole rings is 1. The van der Waals surface area contributed by atoms with Gasteiger partial charge < -0.3 is 9.84 Å². The monoisotopic (exact) mass is 666 g/mol. The van der Waals surface area contributed by atoms with E-state index in [2.05, 4.69) is 34.8 Å². The molecule has 0 amide bonds. The third-order valence-electron chi connectivity index (χ3n) is 5.78. The number of allylic oxidation sites excluding steroid dienone is 1. The average Bonchev–Trinajstić information content (AvgIpc) is 3.10. The topological polar surface area (TPSA) is 80.9 Å². The minimum absolute atomic E-state index is 0.101. The summed E-state index contributed by atoms with van der Waals surface area (Å²) in [6, 6.07) is 10.8. The molecule has 1 N–H and O–H groups in total. The van der Waals surface area contributed by atoms with E-state index in [-0.39, 0.29) is 17.9 Å². The molecule has 0 bridgehead atoms. The number of rotatable bonds is 5. The third-order valence-corrected chi connectivity index (χ3v) is 8.04. The van der Waals surface area contributed by atoms with Crippen LogP contribution in [0.4, 0.5) is 0 Å². The van der Waals surface area contributed by atoms with Crippen molar-refractivity contribution < 1.29 is 14.6 Å². The van der Waals surface area contributed by atoms with Gasteiger partial charge in [-0.25, -0.2) is 9.79 Å². The molecule has 2 aromatic carbocycles. The van der Waals surface area contributed by atoms with Crippen LogP contribution in [0.25, 0.3) is 6.08 Å². The second-order valence-corrected chi connectivity index (χ2v) is 11.5. The number of carbonyl (C=O) groups excluding carboxylic acids is 1. The first-order valence-corrected chi connectivity index (χ1v) is 13.8. The normalized spacial score (nSPS) is 15.9. The molecule has 6 nitrogen and oxygen atoms in total. The maximum Gasteiger partial charge on any atom is 0.338 e. The van der Waals surface area contributed by atoms with Crippen molar-refractivity contribution in [1.29, 1.82) is 0 Å². The molecular weight excluding hydrogens is 643 g/mol. The lowest BCUT2D eigenvalue weighted by Gasteiger charge is -2.25. The Hall–Kier alpha value is -2.24. The standard InChI is InChI=1S/C26H24BrIN2O4S/c1-5-34-25(33)21-14(4)29-26-30(22(21)16-8-6-15(7-9-16)13(2)3)24(32)20(35-26)11-17-10-18(27)12-19(28)23(17)31/h6-13,22,31H,5H2,1-4H3/b20-11-/t22-/m1/s1. The zero-order chi connectivity index (χ0) is 25.4. The van der Waals surface area contributed by atoms with E-state index in [1.54, 1.807) is 36.6 Å². The molecule has 3 aromatic rings. The van der Waals surface area contributed by atoms with Gasteiger partial charge in [-0.2, -0.15) is 0 Å². The number of hydrogen-bond acceptors (Lipinski definition) is 6. The van der Waals surface area contributed by atoms with Crippen LogP contribution >= 0.6 is 49.9 Å². The molecule has 0 spiro atoms. The van der Waals surface area contributed by atoms with E-state index in [4.69, 9.17) is 4.74 Å². The van der Waals surface area contributed by atoms with Gasteiger partial charge in [-0.15, -0.1) is 0 Å². The molecule has 0 saturated carbocycles. The Morgan fingerprint density at radius 3 is 2.63 bits per heavy atom. The van der Waals surface area contributed by atoms with E-state index in [1.165, 1.54) is 16.9 Å². The number of phenolic OH excluding ortho intramolecular Hbond substituents is 1. The Morgan fingerprint density at radius 2 is 2.00 bits per heavy atom. The van der Waals surface area contributed by atoms with Gasteiger partial charge in [-0.1, -0.05) is 65.4 Å². The summed E-state index contributed by atoms with van der Waals surface area (Å²) in [5.41, 5.74) is 3.08. The van der Waals surface area contributed by atoms with Crippen molar-refractivity contribution in [2.75, 3.05) is 6.61 Å². The SMILES string of the molecule is CCOC(=O)C1=C(C)N=c2s/c(=C\c3cc(Br)cc(I)c3O)c(=O)n2[C@@H]1c1ccc(C(C)C)cc1. The molecule has 1 aromatic heterocycles. The molecule has 182 valence electrons. The third kappa shape index (κ3) is 5.03. The van der Waals surface area contributed by atoms with Crippen LogP contribution in [0.1, 0.15) is 56.3 Å². The molecule has 1 aliphatic heterocycles. The van der Waals surface area contributed by atoms with Crippen molar-refractivity contribution in [3.8, 4) is 5.75 Å². The highest BCUT2D eigenvalue weighted by Gasteiger charge is 2.33. The summed E-state index contributed by atoms with van der Waals surface area (Å²) in [6.07, 6.45) is 1.66. The highest BCUT2D eigenvalue weighted by Crippen LogP contribution is 2.32. The molecule has 0 aliphatic carbocycles. The number of hydrogen-bond donors (Lipinski definition) is 1. The zero-order valence-electron chi connectivity index (χ0n) is 19.6. The molecule has 1 atom stereocenters. The Kier molecular flexibility index (Phi) is 7.68. The minimum Gasteiger partial charge on any atom is -0.506 e. The number of phenols is 1. The van der Waals surface area contributed by atoms with E-state index < -0.39 is 12.0 Å². The van der Waals surface area contributed by atoms with E-state index >= 15 is 0 Å². The van der Waals surface area contributed by atoms with E-state index in [0.717, 1.165) is 10.0 Å². The van der Waals surface area contributed by atoms with Gasteiger partial charge in [-0.3, -0.25) is 9.36 Å². The lowest BCUT2D eigenvalue weighted by molar-refractivity contribution is -0.139. The quantitative estimate of drug-likeness (QED) is 0.307. The average molecular weight is 667 g/mol. The van der Waals surface area contributed by atoms with Gasteiger partial charge in [0.05, 0.1) is 32.0 Å². The van der Waals surface area contributed by atoms with E-state index in [9.17, 15) is 14.7 Å². The van der Waals surface area contributed by atoms with E-state index in [0.29, 0.717) is 35.7 Å². The van der Waals surface area contributed by atoms with Gasteiger partial charge >= 0.3 is 5.97 Å². The van der Waals surface area contributed by atoms with Crippen LogP contribution in [0.5, 0.6) is 5.75 Å². The smallest absolute Gasteiger partial charge is 0.338 e. The van der Waals surface area contributed by atoms with Gasteiger partial charge in [0.25, 0.3) is 5.56 Å². The largest absolute Gasteiger partial charge is 0.506 e. The molecule has 0 unspecified atom stereocenters. The summed E-state index contributed by atoms with van der Waals surface area (Å²) in [5, 5.41) is 10.5.